The number of nitrogens with one attached hydrogen (secondary N) is 1. The van der Waals surface area contributed by atoms with Crippen LogP contribution in [0.15, 0.2) is 36.4 Å². The van der Waals surface area contributed by atoms with Crippen molar-refractivity contribution in [1.82, 2.24) is 10.2 Å². The molecule has 4 aliphatic rings. The lowest BCUT2D eigenvalue weighted by molar-refractivity contribution is -0.138. The van der Waals surface area contributed by atoms with Gasteiger partial charge < -0.3 is 19.5 Å². The van der Waals surface area contributed by atoms with Crippen molar-refractivity contribution < 1.29 is 32.2 Å². The fraction of sp³-hybridized carbons (Fsp3) is 0.480. The van der Waals surface area contributed by atoms with E-state index in [4.69, 9.17) is 14.2 Å². The maximum absolute atomic E-state index is 13.4. The van der Waals surface area contributed by atoms with E-state index >= 15 is 0 Å². The molecule has 1 N–H and O–H groups in total. The predicted octanol–water partition coefficient (Wildman–Crippen LogP) is 5.03. The molecule has 4 aliphatic heterocycles. The molecule has 0 spiro atoms. The molecule has 6 nitrogen and oxygen atoms in total. The number of hydrogen-bond donors (Lipinski definition) is 1. The Morgan fingerprint density at radius 3 is 2.50 bits per heavy atom. The Hall–Kier alpha value is -2.94. The second-order valence-corrected chi connectivity index (χ2v) is 9.08. The van der Waals surface area contributed by atoms with Crippen molar-refractivity contribution >= 4 is 6.09 Å². The topological polar surface area (TPSA) is 60.0 Å². The fourth-order valence-electron chi connectivity index (χ4n) is 5.19. The van der Waals surface area contributed by atoms with Gasteiger partial charge in [0.25, 0.3) is 0 Å². The van der Waals surface area contributed by atoms with E-state index in [1.807, 2.05) is 0 Å². The molecule has 0 aliphatic carbocycles. The number of methoxy groups -OCH3 is 1. The number of fused-ring (bicyclic) bond motifs is 4. The number of alkyl carbamates (subject to hydrolysis) is 1. The molecule has 1 unspecified atom stereocenters. The summed E-state index contributed by atoms with van der Waals surface area (Å²) in [7, 11) is 1.21. The fourth-order valence-corrected chi connectivity index (χ4v) is 5.19. The molecule has 6 rings (SSSR count). The molecule has 1 amide bonds. The molecule has 2 aromatic carbocycles. The van der Waals surface area contributed by atoms with Crippen molar-refractivity contribution in [2.75, 3.05) is 33.4 Å². The summed E-state index contributed by atoms with van der Waals surface area (Å²) in [6, 6.07) is 8.93. The molecular weight excluding hydrogens is 449 g/mol. The van der Waals surface area contributed by atoms with Crippen LogP contribution < -0.4 is 14.8 Å². The van der Waals surface area contributed by atoms with Crippen LogP contribution in [0.2, 0.25) is 0 Å². The van der Waals surface area contributed by atoms with Gasteiger partial charge in [-0.2, -0.15) is 13.2 Å². The molecule has 9 heteroatoms. The van der Waals surface area contributed by atoms with Gasteiger partial charge in [-0.1, -0.05) is 18.2 Å². The van der Waals surface area contributed by atoms with Gasteiger partial charge in [0.05, 0.1) is 25.3 Å². The molecule has 2 aromatic rings. The summed E-state index contributed by atoms with van der Waals surface area (Å²) in [4.78, 5) is 15.0. The smallest absolute Gasteiger partial charge is 0.419 e. The summed E-state index contributed by atoms with van der Waals surface area (Å²) in [5, 5.41) is 2.96. The largest absolute Gasteiger partial charge is 0.496 e. The number of hydrogen-bond acceptors (Lipinski definition) is 5. The number of alkyl halides is 3. The van der Waals surface area contributed by atoms with E-state index in [1.165, 1.54) is 13.2 Å². The zero-order valence-corrected chi connectivity index (χ0v) is 18.9. The van der Waals surface area contributed by atoms with Gasteiger partial charge in [0.2, 0.25) is 0 Å². The number of carbonyl (C=O) groups is 1. The van der Waals surface area contributed by atoms with Crippen molar-refractivity contribution in [3.8, 4) is 22.6 Å². The predicted molar refractivity (Wildman–Crippen MR) is 119 cm³/mol. The van der Waals surface area contributed by atoms with Gasteiger partial charge in [-0.15, -0.1) is 0 Å². The highest BCUT2D eigenvalue weighted by molar-refractivity contribution is 5.71. The maximum Gasteiger partial charge on any atom is 0.419 e. The van der Waals surface area contributed by atoms with Crippen LogP contribution in [0.3, 0.4) is 0 Å². The van der Waals surface area contributed by atoms with Crippen LogP contribution in [0, 0.1) is 5.92 Å². The minimum atomic E-state index is -4.53. The molecular formula is C25H27F3N2O4. The van der Waals surface area contributed by atoms with Crippen LogP contribution in [-0.4, -0.2) is 50.4 Å². The van der Waals surface area contributed by atoms with Crippen molar-refractivity contribution in [3.05, 3.63) is 47.5 Å². The summed E-state index contributed by atoms with van der Waals surface area (Å²) in [5.41, 5.74) is 0.936. The summed E-state index contributed by atoms with van der Waals surface area (Å²) < 4.78 is 56.7. The molecule has 182 valence electrons. The first kappa shape index (κ1) is 22.8. The molecule has 4 heterocycles. The van der Waals surface area contributed by atoms with Gasteiger partial charge in [0.15, 0.2) is 0 Å². The van der Waals surface area contributed by atoms with Crippen LogP contribution in [0.1, 0.15) is 36.4 Å². The van der Waals surface area contributed by atoms with Crippen LogP contribution in [0.5, 0.6) is 11.5 Å². The van der Waals surface area contributed by atoms with Crippen LogP contribution in [-0.2, 0) is 10.9 Å². The van der Waals surface area contributed by atoms with E-state index in [2.05, 4.69) is 10.2 Å². The highest BCUT2D eigenvalue weighted by Gasteiger charge is 2.37. The van der Waals surface area contributed by atoms with Gasteiger partial charge in [-0.25, -0.2) is 4.79 Å². The monoisotopic (exact) mass is 476 g/mol. The molecule has 0 aromatic heterocycles. The van der Waals surface area contributed by atoms with Gasteiger partial charge >= 0.3 is 12.3 Å². The number of amides is 1. The summed E-state index contributed by atoms with van der Waals surface area (Å²) >= 11 is 0. The number of ether oxygens (including phenoxy) is 3. The molecule has 0 saturated carbocycles. The standard InChI is InChI=1S/C25H27F3N2O4/c1-32-21-5-3-16(12-19(21)25(26,27)28)17-2-4-18-20(8-11-33-22(18)13-17)29-24(31)34-23-14-30-9-6-15(23)7-10-30/h2-5,12-13,15,20,23H,6-11,14H2,1H3,(H,29,31)/t20?,23-/m1/s1. The van der Waals surface area contributed by atoms with Crippen LogP contribution in [0.25, 0.3) is 11.1 Å². The molecule has 34 heavy (non-hydrogen) atoms. The van der Waals surface area contributed by atoms with E-state index < -0.39 is 17.8 Å². The number of carbonyl (C=O) groups excluding carboxylic acids is 1. The van der Waals surface area contributed by atoms with E-state index in [1.54, 1.807) is 24.3 Å². The Balaban J connectivity index is 1.32. The lowest BCUT2D eigenvalue weighted by Gasteiger charge is -2.44. The van der Waals surface area contributed by atoms with Crippen molar-refractivity contribution in [2.45, 2.75) is 37.6 Å². The van der Waals surface area contributed by atoms with Crippen molar-refractivity contribution in [2.24, 2.45) is 5.92 Å². The Labute approximate surface area is 196 Å². The minimum absolute atomic E-state index is 0.0814. The number of benzene rings is 2. The third-order valence-electron chi connectivity index (χ3n) is 7.04. The van der Waals surface area contributed by atoms with Crippen LogP contribution in [0.4, 0.5) is 18.0 Å². The zero-order valence-electron chi connectivity index (χ0n) is 18.9. The van der Waals surface area contributed by atoms with E-state index in [-0.39, 0.29) is 17.9 Å². The zero-order chi connectivity index (χ0) is 23.9. The van der Waals surface area contributed by atoms with Gasteiger partial charge in [-0.05, 0) is 61.2 Å². The van der Waals surface area contributed by atoms with Crippen molar-refractivity contribution in [3.63, 3.8) is 0 Å². The Bertz CT molecular complexity index is 1070. The van der Waals surface area contributed by atoms with Gasteiger partial charge in [0.1, 0.15) is 17.6 Å². The molecule has 3 fully saturated rings. The summed E-state index contributed by atoms with van der Waals surface area (Å²) in [6.45, 7) is 3.31. The molecule has 2 bridgehead atoms. The number of rotatable bonds is 4. The number of piperidine rings is 3. The lowest BCUT2D eigenvalue weighted by atomic mass is 9.86. The molecule has 3 saturated heterocycles. The second-order valence-electron chi connectivity index (χ2n) is 9.08. The third kappa shape index (κ3) is 4.53. The number of halogens is 3. The molecule has 2 atom stereocenters. The molecule has 0 radical (unpaired) electrons. The quantitative estimate of drug-likeness (QED) is 0.671. The van der Waals surface area contributed by atoms with Gasteiger partial charge in [0, 0.05) is 18.5 Å². The average Bonchev–Trinajstić information content (AvgIpc) is 2.83. The first-order chi connectivity index (χ1) is 16.3. The van der Waals surface area contributed by atoms with Crippen molar-refractivity contribution in [1.29, 1.82) is 0 Å². The second kappa shape index (κ2) is 9.02. The van der Waals surface area contributed by atoms with E-state index in [9.17, 15) is 18.0 Å². The average molecular weight is 476 g/mol. The van der Waals surface area contributed by atoms with E-state index in [0.717, 1.165) is 44.1 Å². The Morgan fingerprint density at radius 2 is 1.82 bits per heavy atom. The van der Waals surface area contributed by atoms with E-state index in [0.29, 0.717) is 35.8 Å². The first-order valence-corrected chi connectivity index (χ1v) is 11.5. The van der Waals surface area contributed by atoms with Gasteiger partial charge in [-0.3, -0.25) is 4.90 Å². The Kier molecular flexibility index (Phi) is 6.06. The Morgan fingerprint density at radius 1 is 1.09 bits per heavy atom. The highest BCUT2D eigenvalue weighted by Crippen LogP contribution is 2.41. The lowest BCUT2D eigenvalue weighted by Crippen LogP contribution is -2.52. The third-order valence-corrected chi connectivity index (χ3v) is 7.04. The highest BCUT2D eigenvalue weighted by atomic mass is 19.4. The summed E-state index contributed by atoms with van der Waals surface area (Å²) in [6.07, 6.45) is -2.35. The maximum atomic E-state index is 13.4. The minimum Gasteiger partial charge on any atom is -0.496 e. The SMILES string of the molecule is COc1ccc(-c2ccc3c(c2)OCCC3NC(=O)O[C@@H]2CN3CCC2CC3)cc1C(F)(F)F. The normalized spacial score (nSPS) is 25.8. The first-order valence-electron chi connectivity index (χ1n) is 11.5. The van der Waals surface area contributed by atoms with Crippen LogP contribution >= 0.6 is 0 Å². The number of nitrogens with zero attached hydrogens (tertiary/aromatic N) is 1. The summed E-state index contributed by atoms with van der Waals surface area (Å²) in [5.74, 6) is 0.740.